The molecule has 0 N–H and O–H groups in total. The second kappa shape index (κ2) is 6.48. The molecular weight excluding hydrogens is 304 g/mol. The van der Waals surface area contributed by atoms with Gasteiger partial charge in [-0.05, 0) is 23.6 Å². The van der Waals surface area contributed by atoms with Crippen molar-refractivity contribution in [1.29, 1.82) is 0 Å². The Morgan fingerprint density at radius 1 is 0.680 bits per heavy atom. The first kappa shape index (κ1) is 15.5. The van der Waals surface area contributed by atoms with Crippen molar-refractivity contribution in [3.63, 3.8) is 0 Å². The fourth-order valence-electron chi connectivity index (χ4n) is 3.04. The lowest BCUT2D eigenvalue weighted by molar-refractivity contribution is 0.868. The van der Waals surface area contributed by atoms with Crippen LogP contribution < -0.4 is 0 Å². The monoisotopic (exact) mass is 324 g/mol. The highest BCUT2D eigenvalue weighted by atomic mass is 14.9. The third kappa shape index (κ3) is 3.03. The van der Waals surface area contributed by atoms with E-state index in [1.807, 2.05) is 24.3 Å². The molecule has 0 fully saturated rings. The molecule has 4 rings (SSSR count). The molecule has 2 nitrogen and oxygen atoms in total. The van der Waals surface area contributed by atoms with Crippen molar-refractivity contribution in [2.45, 2.75) is 19.8 Å². The molecule has 0 radical (unpaired) electrons. The summed E-state index contributed by atoms with van der Waals surface area (Å²) < 4.78 is 0. The normalized spacial score (nSPS) is 11.2. The Balaban J connectivity index is 2.01. The largest absolute Gasteiger partial charge is 0.228 e. The summed E-state index contributed by atoms with van der Waals surface area (Å²) >= 11 is 0. The summed E-state index contributed by atoms with van der Waals surface area (Å²) in [7, 11) is 0. The zero-order chi connectivity index (χ0) is 17.2. The van der Waals surface area contributed by atoms with Crippen molar-refractivity contribution >= 4 is 10.9 Å². The molecule has 0 saturated carbocycles. The third-order valence-electron chi connectivity index (χ3n) is 4.47. The summed E-state index contributed by atoms with van der Waals surface area (Å²) in [5.74, 6) is 1.24. The maximum atomic E-state index is 4.93. The molecule has 4 aromatic rings. The fraction of sp³-hybridized carbons (Fsp3) is 0.130. The van der Waals surface area contributed by atoms with Crippen molar-refractivity contribution in [2.75, 3.05) is 0 Å². The smallest absolute Gasteiger partial charge is 0.160 e. The second-order valence-corrected chi connectivity index (χ2v) is 6.56. The zero-order valence-electron chi connectivity index (χ0n) is 14.5. The van der Waals surface area contributed by atoms with Gasteiger partial charge in [-0.3, -0.25) is 0 Å². The molecule has 0 aliphatic carbocycles. The molecule has 0 aliphatic rings. The number of benzene rings is 3. The predicted molar refractivity (Wildman–Crippen MR) is 104 cm³/mol. The molecule has 0 bridgehead atoms. The summed E-state index contributed by atoms with van der Waals surface area (Å²) in [6, 6.07) is 27.0. The van der Waals surface area contributed by atoms with Crippen LogP contribution in [0.5, 0.6) is 0 Å². The molecule has 0 aliphatic heterocycles. The SMILES string of the molecule is CC(C)c1ccc2nc(-c3ccccc3)nc(-c3ccccc3)c2c1. The van der Waals surface area contributed by atoms with Crippen molar-refractivity contribution in [3.05, 3.63) is 84.4 Å². The highest BCUT2D eigenvalue weighted by Crippen LogP contribution is 2.31. The van der Waals surface area contributed by atoms with Crippen LogP contribution in [0.1, 0.15) is 25.3 Å². The van der Waals surface area contributed by atoms with Crippen LogP contribution in [0.3, 0.4) is 0 Å². The first-order valence-electron chi connectivity index (χ1n) is 8.65. The Bertz CT molecular complexity index is 1010. The fourth-order valence-corrected chi connectivity index (χ4v) is 3.04. The van der Waals surface area contributed by atoms with Gasteiger partial charge in [0.25, 0.3) is 0 Å². The molecule has 0 spiro atoms. The van der Waals surface area contributed by atoms with Gasteiger partial charge in [0.2, 0.25) is 0 Å². The summed E-state index contributed by atoms with van der Waals surface area (Å²) in [6.45, 7) is 4.42. The van der Waals surface area contributed by atoms with Crippen LogP contribution in [0, 0.1) is 0 Å². The molecule has 122 valence electrons. The lowest BCUT2D eigenvalue weighted by atomic mass is 9.98. The average molecular weight is 324 g/mol. The molecule has 0 amide bonds. The maximum absolute atomic E-state index is 4.93. The van der Waals surface area contributed by atoms with E-state index < -0.39 is 0 Å². The Labute approximate surface area is 148 Å². The first-order valence-corrected chi connectivity index (χ1v) is 8.65. The van der Waals surface area contributed by atoms with Crippen LogP contribution >= 0.6 is 0 Å². The third-order valence-corrected chi connectivity index (χ3v) is 4.47. The zero-order valence-corrected chi connectivity index (χ0v) is 14.5. The van der Waals surface area contributed by atoms with Crippen LogP contribution in [0.25, 0.3) is 33.5 Å². The topological polar surface area (TPSA) is 25.8 Å². The minimum atomic E-state index is 0.474. The highest BCUT2D eigenvalue weighted by molar-refractivity contribution is 5.94. The van der Waals surface area contributed by atoms with E-state index in [9.17, 15) is 0 Å². The molecule has 2 heteroatoms. The van der Waals surface area contributed by atoms with E-state index >= 15 is 0 Å². The summed E-state index contributed by atoms with van der Waals surface area (Å²) in [5.41, 5.74) is 5.44. The highest BCUT2D eigenvalue weighted by Gasteiger charge is 2.12. The van der Waals surface area contributed by atoms with Gasteiger partial charge in [0, 0.05) is 16.5 Å². The lowest BCUT2D eigenvalue weighted by Crippen LogP contribution is -1.96. The molecule has 25 heavy (non-hydrogen) atoms. The molecule has 0 unspecified atom stereocenters. The van der Waals surface area contributed by atoms with Gasteiger partial charge in [-0.15, -0.1) is 0 Å². The van der Waals surface area contributed by atoms with E-state index in [1.54, 1.807) is 0 Å². The van der Waals surface area contributed by atoms with Gasteiger partial charge in [0.15, 0.2) is 5.82 Å². The van der Waals surface area contributed by atoms with Crippen molar-refractivity contribution < 1.29 is 0 Å². The van der Waals surface area contributed by atoms with Crippen LogP contribution in [-0.2, 0) is 0 Å². The summed E-state index contributed by atoms with van der Waals surface area (Å²) in [5, 5.41) is 1.11. The molecule has 1 aromatic heterocycles. The van der Waals surface area contributed by atoms with E-state index in [-0.39, 0.29) is 0 Å². The molecule has 1 heterocycles. The van der Waals surface area contributed by atoms with Gasteiger partial charge in [0.1, 0.15) is 0 Å². The van der Waals surface area contributed by atoms with Crippen molar-refractivity contribution in [3.8, 4) is 22.6 Å². The lowest BCUT2D eigenvalue weighted by Gasteiger charge is -2.12. The van der Waals surface area contributed by atoms with E-state index in [2.05, 4.69) is 68.4 Å². The number of rotatable bonds is 3. The van der Waals surface area contributed by atoms with Gasteiger partial charge in [-0.25, -0.2) is 9.97 Å². The number of hydrogen-bond acceptors (Lipinski definition) is 2. The van der Waals surface area contributed by atoms with Crippen LogP contribution in [0.2, 0.25) is 0 Å². The van der Waals surface area contributed by atoms with Gasteiger partial charge >= 0.3 is 0 Å². The number of hydrogen-bond donors (Lipinski definition) is 0. The maximum Gasteiger partial charge on any atom is 0.160 e. The minimum absolute atomic E-state index is 0.474. The van der Waals surface area contributed by atoms with E-state index in [0.717, 1.165) is 33.5 Å². The average Bonchev–Trinajstić information content (AvgIpc) is 2.68. The molecule has 0 atom stereocenters. The van der Waals surface area contributed by atoms with Gasteiger partial charge in [-0.2, -0.15) is 0 Å². The first-order chi connectivity index (χ1) is 12.2. The Hall–Kier alpha value is -3.00. The van der Waals surface area contributed by atoms with E-state index in [1.165, 1.54) is 5.56 Å². The number of fused-ring (bicyclic) bond motifs is 1. The van der Waals surface area contributed by atoms with Gasteiger partial charge in [0.05, 0.1) is 11.2 Å². The van der Waals surface area contributed by atoms with Crippen LogP contribution in [0.4, 0.5) is 0 Å². The predicted octanol–water partition coefficient (Wildman–Crippen LogP) is 6.09. The molecule has 3 aromatic carbocycles. The quantitative estimate of drug-likeness (QED) is 0.456. The Kier molecular flexibility index (Phi) is 4.02. The summed E-state index contributed by atoms with van der Waals surface area (Å²) in [4.78, 5) is 9.75. The van der Waals surface area contributed by atoms with Crippen LogP contribution in [-0.4, -0.2) is 9.97 Å². The standard InChI is InChI=1S/C23H20N2/c1-16(2)19-13-14-21-20(15-19)22(17-9-5-3-6-10-17)25-23(24-21)18-11-7-4-8-12-18/h3-16H,1-2H3. The summed E-state index contributed by atoms with van der Waals surface area (Å²) in [6.07, 6.45) is 0. The van der Waals surface area contributed by atoms with Gasteiger partial charge in [-0.1, -0.05) is 80.6 Å². The van der Waals surface area contributed by atoms with E-state index in [0.29, 0.717) is 5.92 Å². The second-order valence-electron chi connectivity index (χ2n) is 6.56. The molecule has 0 saturated heterocycles. The van der Waals surface area contributed by atoms with E-state index in [4.69, 9.17) is 9.97 Å². The molecular formula is C23H20N2. The van der Waals surface area contributed by atoms with Gasteiger partial charge < -0.3 is 0 Å². The van der Waals surface area contributed by atoms with Crippen molar-refractivity contribution in [1.82, 2.24) is 9.97 Å². The number of nitrogens with zero attached hydrogens (tertiary/aromatic N) is 2. The number of aromatic nitrogens is 2. The Morgan fingerprint density at radius 3 is 1.96 bits per heavy atom. The minimum Gasteiger partial charge on any atom is -0.228 e. The van der Waals surface area contributed by atoms with Crippen molar-refractivity contribution in [2.24, 2.45) is 0 Å². The van der Waals surface area contributed by atoms with Crippen LogP contribution in [0.15, 0.2) is 78.9 Å². The Morgan fingerprint density at radius 2 is 1.32 bits per heavy atom.